The SMILES string of the molecule is Cc1nn(C)c2ncc(NC(=O)CCC(C)CN)cc12. The number of hydrogen-bond acceptors (Lipinski definition) is 4. The van der Waals surface area contributed by atoms with Gasteiger partial charge in [0.15, 0.2) is 5.65 Å². The first-order valence-corrected chi connectivity index (χ1v) is 6.80. The summed E-state index contributed by atoms with van der Waals surface area (Å²) in [5, 5.41) is 8.14. The van der Waals surface area contributed by atoms with Gasteiger partial charge in [0.1, 0.15) is 0 Å². The molecule has 2 aromatic heterocycles. The molecule has 1 unspecified atom stereocenters. The summed E-state index contributed by atoms with van der Waals surface area (Å²) in [5.74, 6) is 0.356. The number of rotatable bonds is 5. The van der Waals surface area contributed by atoms with Gasteiger partial charge in [-0.2, -0.15) is 5.10 Å². The maximum atomic E-state index is 11.9. The van der Waals surface area contributed by atoms with Crippen molar-refractivity contribution in [3.8, 4) is 0 Å². The second kappa shape index (κ2) is 6.00. The third-order valence-electron chi connectivity index (χ3n) is 3.41. The van der Waals surface area contributed by atoms with Gasteiger partial charge in [0.2, 0.25) is 5.91 Å². The molecule has 108 valence electrons. The maximum absolute atomic E-state index is 11.9. The fourth-order valence-electron chi connectivity index (χ4n) is 2.10. The molecule has 0 saturated heterocycles. The van der Waals surface area contributed by atoms with Gasteiger partial charge in [-0.15, -0.1) is 0 Å². The monoisotopic (exact) mass is 275 g/mol. The second-order valence-electron chi connectivity index (χ2n) is 5.23. The number of nitrogens with zero attached hydrogens (tertiary/aromatic N) is 3. The lowest BCUT2D eigenvalue weighted by atomic mass is 10.1. The molecule has 0 spiro atoms. The van der Waals surface area contributed by atoms with Crippen LogP contribution in [0.1, 0.15) is 25.5 Å². The number of amides is 1. The number of anilines is 1. The predicted octanol–water partition coefficient (Wildman–Crippen LogP) is 1.59. The van der Waals surface area contributed by atoms with Gasteiger partial charge in [0, 0.05) is 18.9 Å². The van der Waals surface area contributed by atoms with Crippen LogP contribution in [0.2, 0.25) is 0 Å². The highest BCUT2D eigenvalue weighted by atomic mass is 16.1. The van der Waals surface area contributed by atoms with Crippen molar-refractivity contribution in [2.75, 3.05) is 11.9 Å². The standard InChI is InChI=1S/C14H21N5O/c1-9(7-15)4-5-13(20)17-11-6-12-10(2)18-19(3)14(12)16-8-11/h6,8-9H,4-5,7,15H2,1-3H3,(H,17,20). The van der Waals surface area contributed by atoms with Crippen LogP contribution < -0.4 is 11.1 Å². The van der Waals surface area contributed by atoms with E-state index in [1.807, 2.05) is 27.0 Å². The molecule has 2 heterocycles. The average molecular weight is 275 g/mol. The summed E-state index contributed by atoms with van der Waals surface area (Å²) in [6.07, 6.45) is 2.93. The Morgan fingerprint density at radius 3 is 3.00 bits per heavy atom. The normalized spacial score (nSPS) is 12.6. The first-order valence-electron chi connectivity index (χ1n) is 6.80. The highest BCUT2D eigenvalue weighted by Gasteiger charge is 2.09. The number of carbonyl (C=O) groups excluding carboxylic acids is 1. The summed E-state index contributed by atoms with van der Waals surface area (Å²) in [4.78, 5) is 16.2. The Labute approximate surface area is 118 Å². The molecule has 2 aromatic rings. The van der Waals surface area contributed by atoms with Crippen molar-refractivity contribution >= 4 is 22.6 Å². The third kappa shape index (κ3) is 3.14. The fourth-order valence-corrected chi connectivity index (χ4v) is 2.10. The molecule has 0 aliphatic rings. The van der Waals surface area contributed by atoms with Crippen molar-refractivity contribution in [1.82, 2.24) is 14.8 Å². The van der Waals surface area contributed by atoms with E-state index in [1.54, 1.807) is 10.9 Å². The van der Waals surface area contributed by atoms with Crippen molar-refractivity contribution in [2.45, 2.75) is 26.7 Å². The van der Waals surface area contributed by atoms with Crippen LogP contribution in [0.5, 0.6) is 0 Å². The Balaban J connectivity index is 2.06. The van der Waals surface area contributed by atoms with Crippen molar-refractivity contribution < 1.29 is 4.79 Å². The minimum atomic E-state index is -0.00649. The molecule has 1 atom stereocenters. The van der Waals surface area contributed by atoms with Crippen molar-refractivity contribution in [3.05, 3.63) is 18.0 Å². The summed E-state index contributed by atoms with van der Waals surface area (Å²) in [5.41, 5.74) is 7.97. The summed E-state index contributed by atoms with van der Waals surface area (Å²) < 4.78 is 1.74. The van der Waals surface area contributed by atoms with Crippen LogP contribution in [0, 0.1) is 12.8 Å². The van der Waals surface area contributed by atoms with Gasteiger partial charge in [-0.05, 0) is 31.9 Å². The minimum Gasteiger partial charge on any atom is -0.330 e. The van der Waals surface area contributed by atoms with E-state index in [0.29, 0.717) is 24.6 Å². The molecule has 0 aromatic carbocycles. The number of nitrogens with two attached hydrogens (primary N) is 1. The zero-order valence-electron chi connectivity index (χ0n) is 12.2. The van der Waals surface area contributed by atoms with Crippen LogP contribution in [-0.2, 0) is 11.8 Å². The highest BCUT2D eigenvalue weighted by molar-refractivity contribution is 5.93. The van der Waals surface area contributed by atoms with E-state index in [2.05, 4.69) is 15.4 Å². The van der Waals surface area contributed by atoms with E-state index < -0.39 is 0 Å². The number of hydrogen-bond donors (Lipinski definition) is 2. The molecule has 0 bridgehead atoms. The van der Waals surface area contributed by atoms with Crippen LogP contribution in [0.3, 0.4) is 0 Å². The van der Waals surface area contributed by atoms with E-state index in [9.17, 15) is 4.79 Å². The third-order valence-corrected chi connectivity index (χ3v) is 3.41. The molecular weight excluding hydrogens is 254 g/mol. The topological polar surface area (TPSA) is 85.8 Å². The number of carbonyl (C=O) groups is 1. The van der Waals surface area contributed by atoms with Crippen LogP contribution in [0.25, 0.3) is 11.0 Å². The van der Waals surface area contributed by atoms with Crippen LogP contribution in [0.15, 0.2) is 12.3 Å². The molecule has 0 radical (unpaired) electrons. The summed E-state index contributed by atoms with van der Waals surface area (Å²) in [6, 6.07) is 1.91. The number of nitrogens with one attached hydrogen (secondary N) is 1. The van der Waals surface area contributed by atoms with Crippen molar-refractivity contribution in [1.29, 1.82) is 0 Å². The number of pyridine rings is 1. The van der Waals surface area contributed by atoms with E-state index in [4.69, 9.17) is 5.73 Å². The van der Waals surface area contributed by atoms with Crippen molar-refractivity contribution in [3.63, 3.8) is 0 Å². The molecule has 0 saturated carbocycles. The lowest BCUT2D eigenvalue weighted by molar-refractivity contribution is -0.116. The molecule has 6 heteroatoms. The van der Waals surface area contributed by atoms with Gasteiger partial charge in [-0.25, -0.2) is 4.98 Å². The Kier molecular flexibility index (Phi) is 4.34. The van der Waals surface area contributed by atoms with Gasteiger partial charge >= 0.3 is 0 Å². The summed E-state index contributed by atoms with van der Waals surface area (Å²) >= 11 is 0. The molecular formula is C14H21N5O. The van der Waals surface area contributed by atoms with Gasteiger partial charge < -0.3 is 11.1 Å². The average Bonchev–Trinajstić information content (AvgIpc) is 2.71. The maximum Gasteiger partial charge on any atom is 0.224 e. The largest absolute Gasteiger partial charge is 0.330 e. The molecule has 1 amide bonds. The highest BCUT2D eigenvalue weighted by Crippen LogP contribution is 2.19. The molecule has 20 heavy (non-hydrogen) atoms. The lowest BCUT2D eigenvalue weighted by Gasteiger charge is -2.08. The Bertz CT molecular complexity index is 619. The van der Waals surface area contributed by atoms with E-state index >= 15 is 0 Å². The quantitative estimate of drug-likeness (QED) is 0.867. The van der Waals surface area contributed by atoms with E-state index in [1.165, 1.54) is 0 Å². The lowest BCUT2D eigenvalue weighted by Crippen LogP contribution is -2.16. The van der Waals surface area contributed by atoms with E-state index in [-0.39, 0.29) is 5.91 Å². The van der Waals surface area contributed by atoms with Gasteiger partial charge in [0.25, 0.3) is 0 Å². The van der Waals surface area contributed by atoms with Gasteiger partial charge in [0.05, 0.1) is 17.6 Å². The van der Waals surface area contributed by atoms with Crippen LogP contribution in [-0.4, -0.2) is 27.2 Å². The molecule has 0 aliphatic heterocycles. The first kappa shape index (κ1) is 14.5. The molecule has 3 N–H and O–H groups in total. The smallest absolute Gasteiger partial charge is 0.224 e. The van der Waals surface area contributed by atoms with Gasteiger partial charge in [-0.3, -0.25) is 9.48 Å². The summed E-state index contributed by atoms with van der Waals surface area (Å²) in [6.45, 7) is 4.58. The molecule has 6 nitrogen and oxygen atoms in total. The van der Waals surface area contributed by atoms with Crippen LogP contribution in [0.4, 0.5) is 5.69 Å². The van der Waals surface area contributed by atoms with Crippen LogP contribution >= 0.6 is 0 Å². The minimum absolute atomic E-state index is 0.00649. The summed E-state index contributed by atoms with van der Waals surface area (Å²) in [7, 11) is 1.86. The Hall–Kier alpha value is -1.95. The second-order valence-corrected chi connectivity index (χ2v) is 5.23. The molecule has 2 rings (SSSR count). The number of fused-ring (bicyclic) bond motifs is 1. The first-order chi connectivity index (χ1) is 9.51. The zero-order valence-corrected chi connectivity index (χ0v) is 12.2. The zero-order chi connectivity index (χ0) is 14.7. The Morgan fingerprint density at radius 2 is 2.30 bits per heavy atom. The van der Waals surface area contributed by atoms with Crippen molar-refractivity contribution in [2.24, 2.45) is 18.7 Å². The number of aryl methyl sites for hydroxylation is 2. The fraction of sp³-hybridized carbons (Fsp3) is 0.500. The molecule has 0 aliphatic carbocycles. The van der Waals surface area contributed by atoms with Gasteiger partial charge in [-0.1, -0.05) is 6.92 Å². The number of aromatic nitrogens is 3. The van der Waals surface area contributed by atoms with E-state index in [0.717, 1.165) is 23.1 Å². The molecule has 0 fully saturated rings. The predicted molar refractivity (Wildman–Crippen MR) is 79.3 cm³/mol. The Morgan fingerprint density at radius 1 is 1.55 bits per heavy atom.